The molecule has 0 radical (unpaired) electrons. The highest BCUT2D eigenvalue weighted by Crippen LogP contribution is 2.13. The maximum atomic E-state index is 4.64. The number of nitrogens with one attached hydrogen (secondary N) is 1. The van der Waals surface area contributed by atoms with Crippen LogP contribution in [0.15, 0.2) is 41.9 Å². The van der Waals surface area contributed by atoms with E-state index < -0.39 is 0 Å². The predicted molar refractivity (Wildman–Crippen MR) is 79.1 cm³/mol. The normalized spacial score (nSPS) is 11.0. The smallest absolute Gasteiger partial charge is 0.0798 e. The Bertz CT molecular complexity index is 690. The van der Waals surface area contributed by atoms with Crippen molar-refractivity contribution in [3.8, 4) is 0 Å². The van der Waals surface area contributed by atoms with E-state index in [4.69, 9.17) is 0 Å². The molecule has 0 fully saturated rings. The molecular formula is C15H15N3S. The topological polar surface area (TPSA) is 37.8 Å². The summed E-state index contributed by atoms with van der Waals surface area (Å²) in [7, 11) is 0. The summed E-state index contributed by atoms with van der Waals surface area (Å²) in [6.07, 6.45) is 0. The Morgan fingerprint density at radius 1 is 1.11 bits per heavy atom. The molecule has 4 heteroatoms. The van der Waals surface area contributed by atoms with Gasteiger partial charge in [-0.3, -0.25) is 4.98 Å². The molecule has 2 aromatic heterocycles. The van der Waals surface area contributed by atoms with Crippen molar-refractivity contribution in [3.63, 3.8) is 0 Å². The number of para-hydroxylation sites is 1. The molecule has 0 saturated carbocycles. The molecule has 1 N–H and O–H groups in total. The van der Waals surface area contributed by atoms with Crippen LogP contribution in [0.5, 0.6) is 0 Å². The van der Waals surface area contributed by atoms with Gasteiger partial charge < -0.3 is 5.32 Å². The van der Waals surface area contributed by atoms with Crippen molar-refractivity contribution < 1.29 is 0 Å². The third-order valence-electron chi connectivity index (χ3n) is 3.09. The van der Waals surface area contributed by atoms with Gasteiger partial charge in [-0.1, -0.05) is 24.3 Å². The second-order valence-corrected chi connectivity index (χ2v) is 5.40. The number of rotatable bonds is 4. The first-order valence-electron chi connectivity index (χ1n) is 6.27. The van der Waals surface area contributed by atoms with E-state index in [1.54, 1.807) is 11.3 Å². The molecule has 3 nitrogen and oxygen atoms in total. The Hall–Kier alpha value is -1.78. The summed E-state index contributed by atoms with van der Waals surface area (Å²) in [6.45, 7) is 3.68. The third kappa shape index (κ3) is 2.80. The number of aryl methyl sites for hydroxylation is 1. The van der Waals surface area contributed by atoms with Gasteiger partial charge in [0.2, 0.25) is 0 Å². The van der Waals surface area contributed by atoms with Crippen LogP contribution in [-0.2, 0) is 13.1 Å². The summed E-state index contributed by atoms with van der Waals surface area (Å²) in [5, 5.41) is 4.60. The van der Waals surface area contributed by atoms with Gasteiger partial charge in [0, 0.05) is 23.4 Å². The Labute approximate surface area is 116 Å². The zero-order chi connectivity index (χ0) is 13.1. The molecule has 0 unspecified atom stereocenters. The molecule has 0 aliphatic rings. The number of hydrogen-bond acceptors (Lipinski definition) is 4. The van der Waals surface area contributed by atoms with E-state index in [1.807, 2.05) is 30.6 Å². The molecule has 1 aromatic carbocycles. The van der Waals surface area contributed by atoms with Crippen molar-refractivity contribution in [2.75, 3.05) is 0 Å². The van der Waals surface area contributed by atoms with Crippen molar-refractivity contribution in [1.82, 2.24) is 15.3 Å². The van der Waals surface area contributed by atoms with Gasteiger partial charge in [0.15, 0.2) is 0 Å². The minimum absolute atomic E-state index is 0.780. The summed E-state index contributed by atoms with van der Waals surface area (Å²) in [5.74, 6) is 0. The molecule has 19 heavy (non-hydrogen) atoms. The first kappa shape index (κ1) is 12.3. The molecule has 0 aliphatic heterocycles. The van der Waals surface area contributed by atoms with Gasteiger partial charge in [-0.25, -0.2) is 4.98 Å². The quantitative estimate of drug-likeness (QED) is 0.789. The van der Waals surface area contributed by atoms with Crippen LogP contribution in [0.2, 0.25) is 0 Å². The lowest BCUT2D eigenvalue weighted by molar-refractivity contribution is 0.685. The average molecular weight is 269 g/mol. The van der Waals surface area contributed by atoms with Crippen LogP contribution in [0.4, 0.5) is 0 Å². The molecule has 96 valence electrons. The predicted octanol–water partition coefficient (Wildman–Crippen LogP) is 3.29. The number of fused-ring (bicyclic) bond motifs is 1. The van der Waals surface area contributed by atoms with Crippen molar-refractivity contribution in [1.29, 1.82) is 0 Å². The highest BCUT2D eigenvalue weighted by Gasteiger charge is 2.01. The van der Waals surface area contributed by atoms with Crippen molar-refractivity contribution in [2.45, 2.75) is 20.0 Å². The van der Waals surface area contributed by atoms with Gasteiger partial charge in [0.05, 0.1) is 22.4 Å². The van der Waals surface area contributed by atoms with E-state index in [2.05, 4.69) is 33.5 Å². The zero-order valence-electron chi connectivity index (χ0n) is 10.8. The summed E-state index contributed by atoms with van der Waals surface area (Å²) in [4.78, 5) is 10.2. The maximum absolute atomic E-state index is 4.64. The number of hydrogen-bond donors (Lipinski definition) is 1. The van der Waals surface area contributed by atoms with Crippen LogP contribution >= 0.6 is 11.3 Å². The lowest BCUT2D eigenvalue weighted by atomic mass is 10.2. The summed E-state index contributed by atoms with van der Waals surface area (Å²) >= 11 is 1.69. The Balaban J connectivity index is 1.67. The van der Waals surface area contributed by atoms with Gasteiger partial charge in [0.25, 0.3) is 0 Å². The van der Waals surface area contributed by atoms with Gasteiger partial charge in [0.1, 0.15) is 0 Å². The van der Waals surface area contributed by atoms with Crippen LogP contribution in [0.25, 0.3) is 10.9 Å². The molecule has 3 aromatic rings. The number of aromatic nitrogens is 2. The monoisotopic (exact) mass is 269 g/mol. The number of thiazole rings is 1. The minimum Gasteiger partial charge on any atom is -0.306 e. The molecule has 0 amide bonds. The third-order valence-corrected chi connectivity index (χ3v) is 4.03. The van der Waals surface area contributed by atoms with Crippen molar-refractivity contribution in [3.05, 3.63) is 58.2 Å². The van der Waals surface area contributed by atoms with Gasteiger partial charge in [-0.2, -0.15) is 0 Å². The molecule has 0 atom stereocenters. The Morgan fingerprint density at radius 3 is 2.84 bits per heavy atom. The summed E-state index contributed by atoms with van der Waals surface area (Å²) in [5.41, 5.74) is 5.13. The molecular weight excluding hydrogens is 254 g/mol. The molecule has 2 heterocycles. The lowest BCUT2D eigenvalue weighted by Gasteiger charge is -2.05. The van der Waals surface area contributed by atoms with Crippen LogP contribution in [0.1, 0.15) is 16.3 Å². The largest absolute Gasteiger partial charge is 0.306 e. The summed E-state index contributed by atoms with van der Waals surface area (Å²) in [6, 6.07) is 12.4. The van der Waals surface area contributed by atoms with E-state index >= 15 is 0 Å². The Morgan fingerprint density at radius 2 is 2.00 bits per heavy atom. The van der Waals surface area contributed by atoms with E-state index in [0.717, 1.165) is 30.0 Å². The zero-order valence-corrected chi connectivity index (χ0v) is 11.6. The summed E-state index contributed by atoms with van der Waals surface area (Å²) < 4.78 is 0. The molecule has 0 aliphatic carbocycles. The fourth-order valence-corrected chi connectivity index (χ4v) is 2.75. The second-order valence-electron chi connectivity index (χ2n) is 4.46. The van der Waals surface area contributed by atoms with E-state index in [1.165, 1.54) is 10.3 Å². The molecule has 0 saturated heterocycles. The van der Waals surface area contributed by atoms with Crippen LogP contribution in [0, 0.1) is 6.92 Å². The van der Waals surface area contributed by atoms with Crippen LogP contribution in [-0.4, -0.2) is 9.97 Å². The average Bonchev–Trinajstić information content (AvgIpc) is 2.84. The number of pyridine rings is 1. The minimum atomic E-state index is 0.780. The first-order chi connectivity index (χ1) is 9.33. The van der Waals surface area contributed by atoms with E-state index in [0.29, 0.717) is 0 Å². The number of nitrogens with zero attached hydrogens (tertiary/aromatic N) is 2. The van der Waals surface area contributed by atoms with Gasteiger partial charge in [-0.15, -0.1) is 11.3 Å². The lowest BCUT2D eigenvalue weighted by Crippen LogP contribution is -2.13. The molecule has 0 bridgehead atoms. The molecule has 3 rings (SSSR count). The fraction of sp³-hybridized carbons (Fsp3) is 0.200. The standard InChI is InChI=1S/C15H15N3S/c1-11-15(19-10-17-11)9-16-8-13-7-6-12-4-2-3-5-14(12)18-13/h2-7,10,16H,8-9H2,1H3. The fourth-order valence-electron chi connectivity index (χ4n) is 2.01. The van der Waals surface area contributed by atoms with Crippen LogP contribution < -0.4 is 5.32 Å². The van der Waals surface area contributed by atoms with E-state index in [9.17, 15) is 0 Å². The van der Waals surface area contributed by atoms with E-state index in [-0.39, 0.29) is 0 Å². The Kier molecular flexibility index (Phi) is 3.53. The van der Waals surface area contributed by atoms with Crippen molar-refractivity contribution >= 4 is 22.2 Å². The highest BCUT2D eigenvalue weighted by molar-refractivity contribution is 7.09. The highest BCUT2D eigenvalue weighted by atomic mass is 32.1. The maximum Gasteiger partial charge on any atom is 0.0798 e. The SMILES string of the molecule is Cc1ncsc1CNCc1ccc2ccccc2n1. The first-order valence-corrected chi connectivity index (χ1v) is 7.15. The van der Waals surface area contributed by atoms with Gasteiger partial charge >= 0.3 is 0 Å². The van der Waals surface area contributed by atoms with Crippen LogP contribution in [0.3, 0.4) is 0 Å². The second kappa shape index (κ2) is 5.47. The number of benzene rings is 1. The van der Waals surface area contributed by atoms with Crippen molar-refractivity contribution in [2.24, 2.45) is 0 Å². The molecule has 0 spiro atoms. The van der Waals surface area contributed by atoms with Gasteiger partial charge in [-0.05, 0) is 19.1 Å².